The van der Waals surface area contributed by atoms with E-state index in [-0.39, 0.29) is 5.56 Å². The van der Waals surface area contributed by atoms with Crippen LogP contribution in [0.4, 0.5) is 18.0 Å². The third-order valence-corrected chi connectivity index (χ3v) is 4.95. The van der Waals surface area contributed by atoms with Gasteiger partial charge in [0.15, 0.2) is 5.72 Å². The van der Waals surface area contributed by atoms with Crippen molar-refractivity contribution in [3.63, 3.8) is 0 Å². The lowest BCUT2D eigenvalue weighted by Crippen LogP contribution is -2.66. The van der Waals surface area contributed by atoms with Crippen molar-refractivity contribution in [1.82, 2.24) is 10.6 Å². The fraction of sp³-hybridized carbons (Fsp3) is 0.250. The van der Waals surface area contributed by atoms with E-state index in [9.17, 15) is 27.9 Å². The number of amides is 2. The van der Waals surface area contributed by atoms with Crippen molar-refractivity contribution in [1.29, 1.82) is 0 Å². The predicted molar refractivity (Wildman–Crippen MR) is 83.6 cm³/mol. The lowest BCUT2D eigenvalue weighted by molar-refractivity contribution is -0.190. The molecule has 1 aliphatic heterocycles. The molecule has 0 bridgehead atoms. The predicted octanol–water partition coefficient (Wildman–Crippen LogP) is 2.69. The zero-order valence-corrected chi connectivity index (χ0v) is 13.4. The highest BCUT2D eigenvalue weighted by atomic mass is 32.1. The van der Waals surface area contributed by atoms with Gasteiger partial charge in [-0.2, -0.15) is 13.2 Å². The number of carbonyl (C=O) groups is 2. The minimum absolute atomic E-state index is 0.00555. The summed E-state index contributed by atoms with van der Waals surface area (Å²) in [6.45, 7) is 0. The van der Waals surface area contributed by atoms with Gasteiger partial charge in [-0.25, -0.2) is 4.79 Å². The fourth-order valence-corrected chi connectivity index (χ4v) is 3.73. The lowest BCUT2D eigenvalue weighted by Gasteiger charge is -2.44. The first kappa shape index (κ1) is 17.4. The molecule has 0 aliphatic carbocycles. The number of nitrogens with one attached hydrogen (secondary N) is 2. The molecule has 3 atom stereocenters. The highest BCUT2D eigenvalue weighted by Gasteiger charge is 2.59. The first-order valence-corrected chi connectivity index (χ1v) is 8.12. The minimum atomic E-state index is -5.17. The number of aliphatic hydroxyl groups is 1. The SMILES string of the molecule is O=C1N[C@H](c2cccs2)[C@H](C(=O)C(F)(F)F)[C@@](O)(c2ccccc2)N1. The Kier molecular flexibility index (Phi) is 4.29. The van der Waals surface area contributed by atoms with E-state index in [0.29, 0.717) is 4.88 Å². The summed E-state index contributed by atoms with van der Waals surface area (Å²) in [5.74, 6) is -4.10. The van der Waals surface area contributed by atoms with Gasteiger partial charge in [-0.1, -0.05) is 36.4 Å². The minimum Gasteiger partial charge on any atom is -0.366 e. The molecule has 25 heavy (non-hydrogen) atoms. The molecule has 0 spiro atoms. The Hall–Kier alpha value is -2.39. The first-order chi connectivity index (χ1) is 11.7. The van der Waals surface area contributed by atoms with Gasteiger partial charge in [0, 0.05) is 10.4 Å². The summed E-state index contributed by atoms with van der Waals surface area (Å²) in [6, 6.07) is 8.22. The van der Waals surface area contributed by atoms with Crippen molar-refractivity contribution < 1.29 is 27.9 Å². The zero-order valence-electron chi connectivity index (χ0n) is 12.6. The van der Waals surface area contributed by atoms with Crippen LogP contribution in [0.15, 0.2) is 47.8 Å². The van der Waals surface area contributed by atoms with Crippen LogP contribution in [0.1, 0.15) is 16.5 Å². The summed E-state index contributed by atoms with van der Waals surface area (Å²) >= 11 is 1.09. The molecule has 2 aromatic rings. The molecule has 2 heterocycles. The van der Waals surface area contributed by atoms with Crippen LogP contribution < -0.4 is 10.6 Å². The summed E-state index contributed by atoms with van der Waals surface area (Å²) in [6.07, 6.45) is -5.17. The molecule has 0 radical (unpaired) electrons. The van der Waals surface area contributed by atoms with E-state index in [0.717, 1.165) is 11.3 Å². The summed E-state index contributed by atoms with van der Waals surface area (Å²) < 4.78 is 39.6. The molecule has 9 heteroatoms. The van der Waals surface area contributed by atoms with Crippen LogP contribution in [0.5, 0.6) is 0 Å². The highest BCUT2D eigenvalue weighted by Crippen LogP contribution is 2.43. The Bertz CT molecular complexity index is 780. The summed E-state index contributed by atoms with van der Waals surface area (Å²) in [5, 5.41) is 17.0. The van der Waals surface area contributed by atoms with E-state index in [4.69, 9.17) is 0 Å². The number of ketones is 1. The quantitative estimate of drug-likeness (QED) is 0.777. The molecule has 1 aliphatic rings. The Morgan fingerprint density at radius 3 is 2.40 bits per heavy atom. The molecule has 3 N–H and O–H groups in total. The molecule has 5 nitrogen and oxygen atoms in total. The van der Waals surface area contributed by atoms with Gasteiger partial charge in [-0.15, -0.1) is 11.3 Å². The van der Waals surface area contributed by atoms with Gasteiger partial charge in [0.25, 0.3) is 0 Å². The number of halogens is 3. The van der Waals surface area contributed by atoms with Crippen LogP contribution in [0.25, 0.3) is 0 Å². The largest absolute Gasteiger partial charge is 0.450 e. The van der Waals surface area contributed by atoms with Crippen LogP contribution in [0.2, 0.25) is 0 Å². The van der Waals surface area contributed by atoms with Crippen molar-refractivity contribution in [2.75, 3.05) is 0 Å². The molecule has 0 saturated carbocycles. The summed E-state index contributed by atoms with van der Waals surface area (Å²) in [4.78, 5) is 24.5. The number of hydrogen-bond acceptors (Lipinski definition) is 4. The number of thiophene rings is 1. The van der Waals surface area contributed by atoms with Gasteiger partial charge < -0.3 is 15.7 Å². The molecule has 1 aromatic heterocycles. The zero-order chi connectivity index (χ0) is 18.2. The monoisotopic (exact) mass is 370 g/mol. The Balaban J connectivity index is 2.17. The second-order valence-corrected chi connectivity index (χ2v) is 6.54. The molecule has 1 aromatic carbocycles. The third-order valence-electron chi connectivity index (χ3n) is 4.00. The van der Waals surface area contributed by atoms with Crippen LogP contribution >= 0.6 is 11.3 Å². The van der Waals surface area contributed by atoms with E-state index < -0.39 is 35.7 Å². The van der Waals surface area contributed by atoms with E-state index in [2.05, 4.69) is 10.6 Å². The van der Waals surface area contributed by atoms with E-state index >= 15 is 0 Å². The van der Waals surface area contributed by atoms with Gasteiger partial charge in [0.05, 0.1) is 6.04 Å². The number of urea groups is 1. The number of Topliss-reactive ketones (excluding diaryl/α,β-unsaturated/α-hetero) is 1. The standard InChI is InChI=1S/C16H13F3N2O3S/c17-16(18,19)13(22)11-12(10-7-4-8-25-10)20-14(23)21-15(11,24)9-5-2-1-3-6-9/h1-8,11-12,24H,(H2,20,21,23)/t11-,12-,15+/m1/s1. The molecular weight excluding hydrogens is 357 g/mol. The van der Waals surface area contributed by atoms with Gasteiger partial charge in [0.2, 0.25) is 5.78 Å². The van der Waals surface area contributed by atoms with Crippen molar-refractivity contribution in [3.05, 3.63) is 58.3 Å². The normalized spacial score (nSPS) is 26.6. The lowest BCUT2D eigenvalue weighted by atomic mass is 9.78. The van der Waals surface area contributed by atoms with E-state index in [1.165, 1.54) is 30.3 Å². The maximum Gasteiger partial charge on any atom is 0.450 e. The van der Waals surface area contributed by atoms with Crippen LogP contribution in [0, 0.1) is 5.92 Å². The number of rotatable bonds is 3. The van der Waals surface area contributed by atoms with Crippen molar-refractivity contribution in [2.24, 2.45) is 5.92 Å². The average Bonchev–Trinajstić information content (AvgIpc) is 3.08. The van der Waals surface area contributed by atoms with Crippen LogP contribution in [-0.4, -0.2) is 23.1 Å². The van der Waals surface area contributed by atoms with Crippen molar-refractivity contribution >= 4 is 23.2 Å². The summed E-state index contributed by atoms with van der Waals surface area (Å²) in [7, 11) is 0. The number of benzene rings is 1. The Morgan fingerprint density at radius 1 is 1.16 bits per heavy atom. The molecule has 132 valence electrons. The third kappa shape index (κ3) is 3.12. The maximum atomic E-state index is 13.2. The van der Waals surface area contributed by atoms with Crippen LogP contribution in [0.3, 0.4) is 0 Å². The van der Waals surface area contributed by atoms with Gasteiger partial charge in [-0.3, -0.25) is 4.79 Å². The molecule has 0 unspecified atom stereocenters. The number of alkyl halides is 3. The van der Waals surface area contributed by atoms with Crippen molar-refractivity contribution in [2.45, 2.75) is 17.9 Å². The number of carbonyl (C=O) groups excluding carboxylic acids is 2. The number of hydrogen-bond donors (Lipinski definition) is 3. The molecule has 2 amide bonds. The second-order valence-electron chi connectivity index (χ2n) is 5.56. The topological polar surface area (TPSA) is 78.4 Å². The molecular formula is C16H13F3N2O3S. The van der Waals surface area contributed by atoms with Crippen molar-refractivity contribution in [3.8, 4) is 0 Å². The second kappa shape index (κ2) is 6.16. The first-order valence-electron chi connectivity index (χ1n) is 7.24. The van der Waals surface area contributed by atoms with Crippen LogP contribution in [-0.2, 0) is 10.5 Å². The maximum absolute atomic E-state index is 13.2. The Labute approximate surface area is 144 Å². The van der Waals surface area contributed by atoms with E-state index in [1.807, 2.05) is 0 Å². The van der Waals surface area contributed by atoms with Gasteiger partial charge in [0.1, 0.15) is 5.92 Å². The van der Waals surface area contributed by atoms with E-state index in [1.54, 1.807) is 17.5 Å². The molecule has 1 saturated heterocycles. The average molecular weight is 370 g/mol. The summed E-state index contributed by atoms with van der Waals surface area (Å²) in [5.41, 5.74) is -2.50. The fourth-order valence-electron chi connectivity index (χ4n) is 2.92. The Morgan fingerprint density at radius 2 is 1.84 bits per heavy atom. The molecule has 3 rings (SSSR count). The van der Waals surface area contributed by atoms with Gasteiger partial charge in [-0.05, 0) is 11.4 Å². The highest BCUT2D eigenvalue weighted by molar-refractivity contribution is 7.10. The van der Waals surface area contributed by atoms with Gasteiger partial charge >= 0.3 is 12.2 Å². The molecule has 1 fully saturated rings. The smallest absolute Gasteiger partial charge is 0.366 e.